The van der Waals surface area contributed by atoms with Gasteiger partial charge in [-0.1, -0.05) is 11.6 Å². The topological polar surface area (TPSA) is 76.5 Å². The average molecular weight is 290 g/mol. The Kier molecular flexibility index (Phi) is 7.66. The summed E-state index contributed by atoms with van der Waals surface area (Å²) in [7, 11) is 1.56. The van der Waals surface area contributed by atoms with E-state index in [9.17, 15) is 5.11 Å². The van der Waals surface area contributed by atoms with E-state index in [0.29, 0.717) is 49.6 Å². The van der Waals surface area contributed by atoms with Gasteiger partial charge in [-0.05, 0) is 13.3 Å². The van der Waals surface area contributed by atoms with E-state index in [1.165, 1.54) is 0 Å². The van der Waals surface area contributed by atoms with E-state index >= 15 is 0 Å². The van der Waals surface area contributed by atoms with Gasteiger partial charge in [0.15, 0.2) is 5.82 Å². The first-order valence-corrected chi connectivity index (χ1v) is 6.55. The van der Waals surface area contributed by atoms with E-state index in [1.54, 1.807) is 13.2 Å². The molecule has 0 amide bonds. The molecule has 1 aromatic rings. The van der Waals surface area contributed by atoms with Crippen LogP contribution >= 0.6 is 11.6 Å². The Bertz CT molecular complexity index is 379. The molecule has 0 fully saturated rings. The van der Waals surface area contributed by atoms with Gasteiger partial charge in [0.1, 0.15) is 17.6 Å². The van der Waals surface area contributed by atoms with Crippen molar-refractivity contribution in [1.82, 2.24) is 9.97 Å². The molecule has 19 heavy (non-hydrogen) atoms. The van der Waals surface area contributed by atoms with Gasteiger partial charge in [0.05, 0.1) is 12.7 Å². The number of nitrogens with zero attached hydrogens (tertiary/aromatic N) is 2. The number of ether oxygens (including phenoxy) is 2. The van der Waals surface area contributed by atoms with Crippen LogP contribution in [0.15, 0.2) is 6.07 Å². The maximum Gasteiger partial charge on any atom is 0.158 e. The minimum Gasteiger partial charge on any atom is -0.391 e. The maximum atomic E-state index is 9.51. The zero-order valence-electron chi connectivity index (χ0n) is 11.2. The minimum absolute atomic E-state index is 0.321. The Morgan fingerprint density at radius 2 is 2.26 bits per heavy atom. The second-order valence-corrected chi connectivity index (χ2v) is 4.34. The number of aromatic nitrogens is 2. The molecule has 0 saturated heterocycles. The van der Waals surface area contributed by atoms with Gasteiger partial charge in [0.25, 0.3) is 0 Å². The molecule has 2 N–H and O–H groups in total. The number of hydrogen-bond donors (Lipinski definition) is 2. The fourth-order valence-corrected chi connectivity index (χ4v) is 1.66. The van der Waals surface area contributed by atoms with E-state index in [0.717, 1.165) is 0 Å². The van der Waals surface area contributed by atoms with E-state index in [-0.39, 0.29) is 0 Å². The highest BCUT2D eigenvalue weighted by Crippen LogP contribution is 2.12. The first-order chi connectivity index (χ1) is 9.15. The number of aliphatic hydroxyl groups is 1. The fraction of sp³-hybridized carbons (Fsp3) is 0.667. The van der Waals surface area contributed by atoms with Gasteiger partial charge in [-0.2, -0.15) is 0 Å². The summed E-state index contributed by atoms with van der Waals surface area (Å²) in [5, 5.41) is 13.0. The normalized spacial score (nSPS) is 12.4. The third-order valence-corrected chi connectivity index (χ3v) is 2.51. The van der Waals surface area contributed by atoms with E-state index < -0.39 is 6.10 Å². The van der Waals surface area contributed by atoms with Crippen LogP contribution in [0.3, 0.4) is 0 Å². The van der Waals surface area contributed by atoms with Crippen molar-refractivity contribution in [2.24, 2.45) is 0 Å². The first kappa shape index (κ1) is 16.1. The molecule has 1 heterocycles. The lowest BCUT2D eigenvalue weighted by atomic mass is 10.2. The van der Waals surface area contributed by atoms with Crippen LogP contribution in [0, 0.1) is 0 Å². The lowest BCUT2D eigenvalue weighted by Crippen LogP contribution is -2.18. The summed E-state index contributed by atoms with van der Waals surface area (Å²) in [4.78, 5) is 8.33. The lowest BCUT2D eigenvalue weighted by molar-refractivity contribution is 0.0615. The van der Waals surface area contributed by atoms with Crippen LogP contribution in [0.25, 0.3) is 0 Å². The third kappa shape index (κ3) is 6.68. The van der Waals surface area contributed by atoms with Gasteiger partial charge in [0.2, 0.25) is 0 Å². The maximum absolute atomic E-state index is 9.51. The van der Waals surface area contributed by atoms with Crippen LogP contribution in [0.5, 0.6) is 0 Å². The zero-order valence-corrected chi connectivity index (χ0v) is 12.0. The van der Waals surface area contributed by atoms with Crippen LogP contribution in [0.4, 0.5) is 5.82 Å². The molecule has 0 spiro atoms. The van der Waals surface area contributed by atoms with E-state index in [2.05, 4.69) is 15.3 Å². The second kappa shape index (κ2) is 9.03. The van der Waals surface area contributed by atoms with Gasteiger partial charge in [-0.15, -0.1) is 0 Å². The molecule has 1 rings (SSSR count). The first-order valence-electron chi connectivity index (χ1n) is 6.17. The number of aliphatic hydroxyl groups excluding tert-OH is 1. The summed E-state index contributed by atoms with van der Waals surface area (Å²) in [5.74, 6) is 1.16. The van der Waals surface area contributed by atoms with Gasteiger partial charge in [-0.25, -0.2) is 9.97 Å². The van der Waals surface area contributed by atoms with Crippen molar-refractivity contribution >= 4 is 17.4 Å². The van der Waals surface area contributed by atoms with E-state index in [1.807, 2.05) is 6.92 Å². The Labute approximate surface area is 118 Å². The van der Waals surface area contributed by atoms with E-state index in [4.69, 9.17) is 21.1 Å². The van der Waals surface area contributed by atoms with Crippen molar-refractivity contribution in [1.29, 1.82) is 0 Å². The van der Waals surface area contributed by atoms with Gasteiger partial charge < -0.3 is 19.9 Å². The van der Waals surface area contributed by atoms with Crippen molar-refractivity contribution in [3.63, 3.8) is 0 Å². The van der Waals surface area contributed by atoms with Crippen LogP contribution < -0.4 is 5.32 Å². The monoisotopic (exact) mass is 289 g/mol. The molecule has 0 saturated carbocycles. The molecule has 7 heteroatoms. The highest BCUT2D eigenvalue weighted by atomic mass is 35.5. The van der Waals surface area contributed by atoms with Crippen molar-refractivity contribution in [3.05, 3.63) is 17.0 Å². The minimum atomic E-state index is -0.488. The number of rotatable bonds is 9. The predicted molar refractivity (Wildman–Crippen MR) is 73.4 cm³/mol. The Morgan fingerprint density at radius 1 is 1.47 bits per heavy atom. The molecular formula is C12H20ClN3O3. The molecule has 1 atom stereocenters. The van der Waals surface area contributed by atoms with Gasteiger partial charge in [0, 0.05) is 26.3 Å². The summed E-state index contributed by atoms with van der Waals surface area (Å²) in [5.41, 5.74) is 0. The average Bonchev–Trinajstić information content (AvgIpc) is 2.36. The number of anilines is 1. The molecule has 108 valence electrons. The van der Waals surface area contributed by atoms with Crippen molar-refractivity contribution in [3.8, 4) is 0 Å². The standard InChI is InChI=1S/C12H20ClN3O3/c1-3-19-8-12-15-10(13)6-11(16-12)14-5-4-9(17)7-18-2/h6,9,17H,3-5,7-8H2,1-2H3,(H,14,15,16). The third-order valence-electron chi connectivity index (χ3n) is 2.32. The van der Waals surface area contributed by atoms with Gasteiger partial charge in [-0.3, -0.25) is 0 Å². The zero-order chi connectivity index (χ0) is 14.1. The van der Waals surface area contributed by atoms with Crippen molar-refractivity contribution in [2.45, 2.75) is 26.1 Å². The summed E-state index contributed by atoms with van der Waals surface area (Å²) in [6.45, 7) is 3.73. The molecule has 0 radical (unpaired) electrons. The van der Waals surface area contributed by atoms with Gasteiger partial charge >= 0.3 is 0 Å². The summed E-state index contributed by atoms with van der Waals surface area (Å²) in [6, 6.07) is 1.64. The lowest BCUT2D eigenvalue weighted by Gasteiger charge is -2.11. The van der Waals surface area contributed by atoms with Crippen LogP contribution in [0.1, 0.15) is 19.2 Å². The Morgan fingerprint density at radius 3 is 2.95 bits per heavy atom. The molecule has 1 unspecified atom stereocenters. The highest BCUT2D eigenvalue weighted by Gasteiger charge is 2.05. The predicted octanol–water partition coefficient (Wildman–Crippen LogP) is 1.48. The number of methoxy groups -OCH3 is 1. The summed E-state index contributed by atoms with van der Waals surface area (Å²) in [6.07, 6.45) is 0.0775. The Hall–Kier alpha value is -0.950. The fourth-order valence-electron chi connectivity index (χ4n) is 1.46. The van der Waals surface area contributed by atoms with Crippen molar-refractivity contribution in [2.75, 3.05) is 32.2 Å². The largest absolute Gasteiger partial charge is 0.391 e. The highest BCUT2D eigenvalue weighted by molar-refractivity contribution is 6.29. The smallest absolute Gasteiger partial charge is 0.158 e. The summed E-state index contributed by atoms with van der Waals surface area (Å²) >= 11 is 5.90. The summed E-state index contributed by atoms with van der Waals surface area (Å²) < 4.78 is 10.1. The van der Waals surface area contributed by atoms with Crippen LogP contribution in [0.2, 0.25) is 5.15 Å². The van der Waals surface area contributed by atoms with Crippen LogP contribution in [-0.2, 0) is 16.1 Å². The Balaban J connectivity index is 2.46. The van der Waals surface area contributed by atoms with Crippen LogP contribution in [-0.4, -0.2) is 48.0 Å². The molecule has 1 aromatic heterocycles. The van der Waals surface area contributed by atoms with Crippen molar-refractivity contribution < 1.29 is 14.6 Å². The molecule has 0 aliphatic rings. The molecule has 0 aliphatic carbocycles. The molecule has 6 nitrogen and oxygen atoms in total. The molecule has 0 aliphatic heterocycles. The quantitative estimate of drug-likeness (QED) is 0.671. The number of nitrogens with one attached hydrogen (secondary N) is 1. The number of halogens is 1. The second-order valence-electron chi connectivity index (χ2n) is 3.95. The molecular weight excluding hydrogens is 270 g/mol. The number of hydrogen-bond acceptors (Lipinski definition) is 6. The molecule has 0 bridgehead atoms. The molecule has 0 aromatic carbocycles. The SMILES string of the molecule is CCOCc1nc(Cl)cc(NCCC(O)COC)n1.